The van der Waals surface area contributed by atoms with Crippen molar-refractivity contribution in [2.45, 2.75) is 13.2 Å². The molecule has 5 nitrogen and oxygen atoms in total. The molecular weight excluding hydrogens is 458 g/mol. The average Bonchev–Trinajstić information content (AvgIpc) is 2.72. The third kappa shape index (κ3) is 5.43. The Balaban J connectivity index is 1.85. The van der Waals surface area contributed by atoms with E-state index >= 15 is 0 Å². The maximum Gasteiger partial charge on any atom is 0.335 e. The highest BCUT2D eigenvalue weighted by Gasteiger charge is 2.14. The van der Waals surface area contributed by atoms with Crippen molar-refractivity contribution in [1.29, 1.82) is 0 Å². The monoisotopic (exact) mass is 475 g/mol. The second-order valence-corrected chi connectivity index (χ2v) is 7.55. The van der Waals surface area contributed by atoms with Gasteiger partial charge in [-0.05, 0) is 35.9 Å². The summed E-state index contributed by atoms with van der Waals surface area (Å²) in [4.78, 5) is 11.2. The van der Waals surface area contributed by atoms with Gasteiger partial charge in [-0.2, -0.15) is 0 Å². The van der Waals surface area contributed by atoms with Gasteiger partial charge in [-0.15, -0.1) is 0 Å². The lowest BCUT2D eigenvalue weighted by Crippen LogP contribution is -2.06. The Morgan fingerprint density at radius 1 is 1.14 bits per heavy atom. The predicted molar refractivity (Wildman–Crippen MR) is 117 cm³/mol. The van der Waals surface area contributed by atoms with Crippen LogP contribution in [0.25, 0.3) is 0 Å². The summed E-state index contributed by atoms with van der Waals surface area (Å²) in [6.07, 6.45) is 0. The Labute approximate surface area is 182 Å². The summed E-state index contributed by atoms with van der Waals surface area (Å²) in [7, 11) is 1.58. The van der Waals surface area contributed by atoms with Crippen LogP contribution in [0.3, 0.4) is 0 Å². The van der Waals surface area contributed by atoms with Gasteiger partial charge in [0.05, 0.1) is 23.4 Å². The van der Waals surface area contributed by atoms with Crippen molar-refractivity contribution in [2.24, 2.45) is 0 Å². The number of carboxylic acid groups (broad SMARTS) is 1. The van der Waals surface area contributed by atoms with Crippen LogP contribution in [0.15, 0.2) is 65.1 Å². The second kappa shape index (κ2) is 9.67. The van der Waals surface area contributed by atoms with Gasteiger partial charge in [0, 0.05) is 16.6 Å². The molecule has 3 aromatic carbocycles. The van der Waals surface area contributed by atoms with Crippen LogP contribution in [0.4, 0.5) is 5.69 Å². The molecule has 0 aliphatic heterocycles. The number of hydrogen-bond acceptors (Lipinski definition) is 4. The molecule has 0 atom stereocenters. The minimum atomic E-state index is -1.01. The van der Waals surface area contributed by atoms with Gasteiger partial charge in [0.15, 0.2) is 11.5 Å². The van der Waals surface area contributed by atoms with E-state index in [1.807, 2.05) is 42.5 Å². The molecule has 3 rings (SSSR count). The van der Waals surface area contributed by atoms with Crippen molar-refractivity contribution >= 4 is 39.2 Å². The summed E-state index contributed by atoms with van der Waals surface area (Å²) >= 11 is 9.71. The average molecular weight is 477 g/mol. The van der Waals surface area contributed by atoms with Crippen LogP contribution in [-0.2, 0) is 13.2 Å². The number of rotatable bonds is 8. The van der Waals surface area contributed by atoms with Crippen LogP contribution in [0, 0.1) is 0 Å². The van der Waals surface area contributed by atoms with E-state index in [9.17, 15) is 9.90 Å². The summed E-state index contributed by atoms with van der Waals surface area (Å²) in [5.41, 5.74) is 2.56. The Kier molecular flexibility index (Phi) is 7.01. The van der Waals surface area contributed by atoms with Gasteiger partial charge in [0.1, 0.15) is 6.61 Å². The smallest absolute Gasteiger partial charge is 0.335 e. The van der Waals surface area contributed by atoms with E-state index in [1.54, 1.807) is 13.2 Å². The minimum Gasteiger partial charge on any atom is -0.493 e. The first-order chi connectivity index (χ1) is 14.0. The van der Waals surface area contributed by atoms with Crippen molar-refractivity contribution in [3.05, 3.63) is 86.8 Å². The molecule has 0 amide bonds. The second-order valence-electron chi connectivity index (χ2n) is 6.22. The minimum absolute atomic E-state index is 0.157. The zero-order valence-electron chi connectivity index (χ0n) is 15.6. The molecule has 0 aromatic heterocycles. The summed E-state index contributed by atoms with van der Waals surface area (Å²) in [5.74, 6) is 0.191. The number of benzene rings is 3. The van der Waals surface area contributed by atoms with Gasteiger partial charge in [-0.25, -0.2) is 4.79 Å². The number of anilines is 1. The highest BCUT2D eigenvalue weighted by molar-refractivity contribution is 9.10. The van der Waals surface area contributed by atoms with Crippen LogP contribution >= 0.6 is 27.5 Å². The van der Waals surface area contributed by atoms with E-state index in [0.29, 0.717) is 35.4 Å². The number of carboxylic acids is 1. The molecule has 7 heteroatoms. The van der Waals surface area contributed by atoms with Crippen LogP contribution in [-0.4, -0.2) is 18.2 Å². The van der Waals surface area contributed by atoms with Crippen molar-refractivity contribution in [3.8, 4) is 11.5 Å². The topological polar surface area (TPSA) is 67.8 Å². The Morgan fingerprint density at radius 2 is 1.90 bits per heavy atom. The van der Waals surface area contributed by atoms with Gasteiger partial charge in [-0.3, -0.25) is 0 Å². The zero-order chi connectivity index (χ0) is 20.8. The Hall–Kier alpha value is -2.70. The molecule has 0 saturated heterocycles. The quantitative estimate of drug-likeness (QED) is 0.417. The lowest BCUT2D eigenvalue weighted by Gasteiger charge is -2.17. The molecule has 0 aliphatic rings. The van der Waals surface area contributed by atoms with Crippen molar-refractivity contribution in [1.82, 2.24) is 0 Å². The molecule has 0 saturated carbocycles. The van der Waals surface area contributed by atoms with Gasteiger partial charge in [-0.1, -0.05) is 57.9 Å². The van der Waals surface area contributed by atoms with Crippen molar-refractivity contribution in [2.75, 3.05) is 12.4 Å². The molecule has 2 N–H and O–H groups in total. The molecule has 0 aliphatic carbocycles. The molecule has 0 heterocycles. The van der Waals surface area contributed by atoms with Crippen LogP contribution in [0.2, 0.25) is 5.02 Å². The molecule has 0 bridgehead atoms. The molecule has 0 unspecified atom stereocenters. The maximum absolute atomic E-state index is 11.2. The number of carbonyl (C=O) groups is 1. The lowest BCUT2D eigenvalue weighted by atomic mass is 10.1. The highest BCUT2D eigenvalue weighted by atomic mass is 79.9. The van der Waals surface area contributed by atoms with Crippen LogP contribution in [0.5, 0.6) is 11.5 Å². The summed E-state index contributed by atoms with van der Waals surface area (Å²) in [6, 6.07) is 18.1. The molecule has 0 fully saturated rings. The van der Waals surface area contributed by atoms with Crippen molar-refractivity contribution < 1.29 is 19.4 Å². The van der Waals surface area contributed by atoms with E-state index in [2.05, 4.69) is 21.2 Å². The summed E-state index contributed by atoms with van der Waals surface area (Å²) in [5, 5.41) is 12.8. The highest BCUT2D eigenvalue weighted by Crippen LogP contribution is 2.36. The SMILES string of the molecule is COc1cc(Br)cc(CNc2cc(C(=O)O)ccc2Cl)c1OCc1ccccc1. The Morgan fingerprint density at radius 3 is 2.59 bits per heavy atom. The number of halogens is 2. The third-order valence-electron chi connectivity index (χ3n) is 4.23. The van der Waals surface area contributed by atoms with Crippen LogP contribution in [0.1, 0.15) is 21.5 Å². The van der Waals surface area contributed by atoms with Crippen molar-refractivity contribution in [3.63, 3.8) is 0 Å². The predicted octanol–water partition coefficient (Wildman–Crippen LogP) is 6.00. The number of hydrogen-bond donors (Lipinski definition) is 2. The number of aromatic carboxylic acids is 1. The molecule has 0 spiro atoms. The van der Waals surface area contributed by atoms with Gasteiger partial charge in [0.25, 0.3) is 0 Å². The molecular formula is C22H19BrClNO4. The third-order valence-corrected chi connectivity index (χ3v) is 5.01. The lowest BCUT2D eigenvalue weighted by molar-refractivity contribution is 0.0697. The molecule has 3 aromatic rings. The Bertz CT molecular complexity index is 1010. The van der Waals surface area contributed by atoms with E-state index in [0.717, 1.165) is 15.6 Å². The number of nitrogens with one attached hydrogen (secondary N) is 1. The number of ether oxygens (including phenoxy) is 2. The standard InChI is InChI=1S/C22H19BrClNO4/c1-28-20-11-17(23)9-16(21(20)29-13-14-5-3-2-4-6-14)12-25-19-10-15(22(26)27)7-8-18(19)24/h2-11,25H,12-13H2,1H3,(H,26,27). The maximum atomic E-state index is 11.2. The fraction of sp³-hybridized carbons (Fsp3) is 0.136. The van der Waals surface area contributed by atoms with Gasteiger partial charge in [0.2, 0.25) is 0 Å². The molecule has 150 valence electrons. The first-order valence-corrected chi connectivity index (χ1v) is 9.95. The zero-order valence-corrected chi connectivity index (χ0v) is 18.0. The number of methoxy groups -OCH3 is 1. The molecule has 29 heavy (non-hydrogen) atoms. The summed E-state index contributed by atoms with van der Waals surface area (Å²) < 4.78 is 12.4. The first-order valence-electron chi connectivity index (χ1n) is 8.77. The van der Waals surface area contributed by atoms with Gasteiger partial charge < -0.3 is 19.9 Å². The summed E-state index contributed by atoms with van der Waals surface area (Å²) in [6.45, 7) is 0.754. The fourth-order valence-electron chi connectivity index (χ4n) is 2.78. The van der Waals surface area contributed by atoms with E-state index in [4.69, 9.17) is 21.1 Å². The van der Waals surface area contributed by atoms with Gasteiger partial charge >= 0.3 is 5.97 Å². The first kappa shape index (κ1) is 21.0. The fourth-order valence-corrected chi connectivity index (χ4v) is 3.45. The van der Waals surface area contributed by atoms with Crippen LogP contribution < -0.4 is 14.8 Å². The molecule has 0 radical (unpaired) electrons. The van der Waals surface area contributed by atoms with E-state index in [-0.39, 0.29) is 5.56 Å². The van der Waals surface area contributed by atoms with E-state index < -0.39 is 5.97 Å². The normalized spacial score (nSPS) is 10.4. The largest absolute Gasteiger partial charge is 0.493 e. The van der Waals surface area contributed by atoms with E-state index in [1.165, 1.54) is 12.1 Å².